The molecular formula is C25H25F4N5O3. The maximum atomic E-state index is 13.5. The molecule has 12 heteroatoms. The Balaban J connectivity index is 1.64. The summed E-state index contributed by atoms with van der Waals surface area (Å²) >= 11 is 0. The number of benzene rings is 1. The van der Waals surface area contributed by atoms with Crippen molar-refractivity contribution in [2.75, 3.05) is 6.54 Å². The minimum absolute atomic E-state index is 0.0369. The molecule has 3 N–H and O–H groups in total. The van der Waals surface area contributed by atoms with Gasteiger partial charge in [0.1, 0.15) is 11.5 Å². The van der Waals surface area contributed by atoms with Gasteiger partial charge in [0.2, 0.25) is 5.60 Å². The van der Waals surface area contributed by atoms with Crippen LogP contribution in [0.3, 0.4) is 0 Å². The molecule has 37 heavy (non-hydrogen) atoms. The molecule has 0 amide bonds. The number of carboxylic acid groups (broad SMARTS) is 1. The number of rotatable bonds is 10. The Labute approximate surface area is 209 Å². The number of aliphatic carboxylic acids is 1. The van der Waals surface area contributed by atoms with Gasteiger partial charge in [0, 0.05) is 24.8 Å². The summed E-state index contributed by atoms with van der Waals surface area (Å²) in [5.74, 6) is -1.29. The highest BCUT2D eigenvalue weighted by atomic mass is 19.4. The Morgan fingerprint density at radius 3 is 2.51 bits per heavy atom. The topological polar surface area (TPSA) is 105 Å². The molecule has 0 aliphatic rings. The van der Waals surface area contributed by atoms with Gasteiger partial charge in [-0.3, -0.25) is 4.79 Å². The van der Waals surface area contributed by atoms with Crippen molar-refractivity contribution >= 4 is 11.5 Å². The van der Waals surface area contributed by atoms with E-state index >= 15 is 0 Å². The van der Waals surface area contributed by atoms with Crippen molar-refractivity contribution < 1.29 is 32.6 Å². The molecule has 0 aliphatic heterocycles. The molecule has 4 aromatic rings. The minimum atomic E-state index is -4.89. The van der Waals surface area contributed by atoms with E-state index in [1.54, 1.807) is 24.4 Å². The number of aromatic nitrogens is 4. The second kappa shape index (κ2) is 10.3. The third-order valence-corrected chi connectivity index (χ3v) is 6.15. The number of aliphatic hydroxyl groups is 1. The van der Waals surface area contributed by atoms with Crippen LogP contribution in [0.2, 0.25) is 0 Å². The Hall–Kier alpha value is -3.77. The maximum Gasteiger partial charge on any atom is 0.423 e. The number of nitrogens with zero attached hydrogens (tertiary/aromatic N) is 4. The second-order valence-electron chi connectivity index (χ2n) is 8.69. The van der Waals surface area contributed by atoms with Gasteiger partial charge in [-0.15, -0.1) is 5.10 Å². The van der Waals surface area contributed by atoms with Crippen LogP contribution in [0.1, 0.15) is 36.6 Å². The Kier molecular flexibility index (Phi) is 7.32. The zero-order chi connectivity index (χ0) is 26.8. The van der Waals surface area contributed by atoms with E-state index in [0.717, 1.165) is 34.1 Å². The molecule has 0 aliphatic carbocycles. The normalized spacial score (nSPS) is 13.7. The van der Waals surface area contributed by atoms with E-state index in [2.05, 4.69) is 15.6 Å². The lowest BCUT2D eigenvalue weighted by Gasteiger charge is -2.26. The average molecular weight is 519 g/mol. The zero-order valence-electron chi connectivity index (χ0n) is 19.8. The first-order chi connectivity index (χ1) is 17.5. The standard InChI is InChI=1S/C25H25F4N5O3/c1-2-24(37,25(27,28)29)21-15-33(32-31-21)14-16-8-10-34-20(11-16)12-18(13-30-9-7-22(35)36)23(34)17-3-5-19(26)6-4-17/h3-6,8,10-12,15,30,37H,2,7,9,13-14H2,1H3,(H,35,36). The molecule has 3 aromatic heterocycles. The summed E-state index contributed by atoms with van der Waals surface area (Å²) in [7, 11) is 0. The van der Waals surface area contributed by atoms with Crippen molar-refractivity contribution in [3.05, 3.63) is 77.5 Å². The van der Waals surface area contributed by atoms with Gasteiger partial charge in [0.25, 0.3) is 0 Å². The van der Waals surface area contributed by atoms with E-state index in [4.69, 9.17) is 5.11 Å². The number of carboxylic acids is 1. The maximum absolute atomic E-state index is 13.5. The van der Waals surface area contributed by atoms with Crippen LogP contribution in [0.5, 0.6) is 0 Å². The van der Waals surface area contributed by atoms with Gasteiger partial charge in [-0.05, 0) is 65.6 Å². The summed E-state index contributed by atoms with van der Waals surface area (Å²) in [6.45, 7) is 1.98. The summed E-state index contributed by atoms with van der Waals surface area (Å²) in [5, 5.41) is 29.4. The third kappa shape index (κ3) is 5.49. The number of alkyl halides is 3. The van der Waals surface area contributed by atoms with Gasteiger partial charge in [-0.1, -0.05) is 12.1 Å². The highest BCUT2D eigenvalue weighted by Gasteiger charge is 2.55. The molecule has 0 fully saturated rings. The van der Waals surface area contributed by atoms with Crippen molar-refractivity contribution in [3.8, 4) is 11.3 Å². The van der Waals surface area contributed by atoms with E-state index in [-0.39, 0.29) is 25.3 Å². The molecule has 0 spiro atoms. The fraction of sp³-hybridized carbons (Fsp3) is 0.320. The van der Waals surface area contributed by atoms with Crippen LogP contribution >= 0.6 is 0 Å². The zero-order valence-corrected chi connectivity index (χ0v) is 19.8. The van der Waals surface area contributed by atoms with Gasteiger partial charge in [-0.2, -0.15) is 13.2 Å². The van der Waals surface area contributed by atoms with E-state index in [9.17, 15) is 27.5 Å². The van der Waals surface area contributed by atoms with Crippen LogP contribution < -0.4 is 5.32 Å². The molecule has 1 atom stereocenters. The van der Waals surface area contributed by atoms with Crippen LogP contribution in [-0.4, -0.2) is 48.3 Å². The Morgan fingerprint density at radius 1 is 1.14 bits per heavy atom. The van der Waals surface area contributed by atoms with Crippen LogP contribution in [0.4, 0.5) is 17.6 Å². The van der Waals surface area contributed by atoms with Crippen molar-refractivity contribution in [2.24, 2.45) is 0 Å². The highest BCUT2D eigenvalue weighted by Crippen LogP contribution is 2.40. The number of hydrogen-bond acceptors (Lipinski definition) is 5. The van der Waals surface area contributed by atoms with Crippen LogP contribution in [0, 0.1) is 5.82 Å². The third-order valence-electron chi connectivity index (χ3n) is 6.15. The van der Waals surface area contributed by atoms with Gasteiger partial charge in [-0.25, -0.2) is 9.07 Å². The first-order valence-electron chi connectivity index (χ1n) is 11.5. The minimum Gasteiger partial charge on any atom is -0.481 e. The van der Waals surface area contributed by atoms with Crippen molar-refractivity contribution in [1.82, 2.24) is 24.7 Å². The van der Waals surface area contributed by atoms with Crippen LogP contribution in [0.15, 0.2) is 54.9 Å². The quantitative estimate of drug-likeness (QED) is 0.215. The summed E-state index contributed by atoms with van der Waals surface area (Å²) in [4.78, 5) is 10.8. The summed E-state index contributed by atoms with van der Waals surface area (Å²) in [6, 6.07) is 11.5. The predicted octanol–water partition coefficient (Wildman–Crippen LogP) is 4.11. The summed E-state index contributed by atoms with van der Waals surface area (Å²) in [6.07, 6.45) is -2.65. The number of fused-ring (bicyclic) bond motifs is 1. The number of carbonyl (C=O) groups is 1. The fourth-order valence-electron chi connectivity index (χ4n) is 4.14. The number of pyridine rings is 1. The molecule has 1 aromatic carbocycles. The van der Waals surface area contributed by atoms with Gasteiger partial charge < -0.3 is 19.9 Å². The molecule has 0 radical (unpaired) electrons. The van der Waals surface area contributed by atoms with Crippen molar-refractivity contribution in [2.45, 2.75) is 44.6 Å². The smallest absolute Gasteiger partial charge is 0.423 e. The van der Waals surface area contributed by atoms with Crippen LogP contribution in [-0.2, 0) is 23.5 Å². The fourth-order valence-corrected chi connectivity index (χ4v) is 4.14. The predicted molar refractivity (Wildman–Crippen MR) is 126 cm³/mol. The highest BCUT2D eigenvalue weighted by molar-refractivity contribution is 5.72. The molecule has 0 saturated heterocycles. The summed E-state index contributed by atoms with van der Waals surface area (Å²) in [5.41, 5.74) is 0.261. The molecule has 0 saturated carbocycles. The van der Waals surface area contributed by atoms with Crippen LogP contribution in [0.25, 0.3) is 16.8 Å². The molecule has 0 bridgehead atoms. The Morgan fingerprint density at radius 2 is 1.86 bits per heavy atom. The van der Waals surface area contributed by atoms with E-state index in [1.165, 1.54) is 23.7 Å². The molecule has 1 unspecified atom stereocenters. The van der Waals surface area contributed by atoms with E-state index in [0.29, 0.717) is 6.54 Å². The molecule has 196 valence electrons. The number of nitrogens with one attached hydrogen (secondary N) is 1. The van der Waals surface area contributed by atoms with Crippen molar-refractivity contribution in [1.29, 1.82) is 0 Å². The second-order valence-corrected chi connectivity index (χ2v) is 8.69. The molecule has 4 rings (SSSR count). The monoisotopic (exact) mass is 519 g/mol. The molecule has 3 heterocycles. The van der Waals surface area contributed by atoms with Crippen molar-refractivity contribution in [3.63, 3.8) is 0 Å². The largest absolute Gasteiger partial charge is 0.481 e. The lowest BCUT2D eigenvalue weighted by molar-refractivity contribution is -0.269. The first kappa shape index (κ1) is 26.3. The lowest BCUT2D eigenvalue weighted by Crippen LogP contribution is -2.42. The average Bonchev–Trinajstić information content (AvgIpc) is 3.45. The Bertz CT molecular complexity index is 1400. The number of halogens is 4. The van der Waals surface area contributed by atoms with Gasteiger partial charge in [0.15, 0.2) is 0 Å². The van der Waals surface area contributed by atoms with Gasteiger partial charge in [0.05, 0.1) is 24.9 Å². The van der Waals surface area contributed by atoms with Gasteiger partial charge >= 0.3 is 12.1 Å². The SMILES string of the molecule is CCC(O)(c1cn(Cc2ccn3c(-c4ccc(F)cc4)c(CNCCC(=O)O)cc3c2)nn1)C(F)(F)F. The number of hydrogen-bond donors (Lipinski definition) is 3. The summed E-state index contributed by atoms with van der Waals surface area (Å²) < 4.78 is 56.8. The molecule has 8 nitrogen and oxygen atoms in total. The van der Waals surface area contributed by atoms with E-state index < -0.39 is 29.9 Å². The molecular weight excluding hydrogens is 494 g/mol. The van der Waals surface area contributed by atoms with E-state index in [1.807, 2.05) is 16.5 Å². The first-order valence-corrected chi connectivity index (χ1v) is 11.5. The lowest BCUT2D eigenvalue weighted by atomic mass is 9.96.